The van der Waals surface area contributed by atoms with Crippen LogP contribution in [0.25, 0.3) is 0 Å². The summed E-state index contributed by atoms with van der Waals surface area (Å²) in [5.74, 6) is -0.135. The fourth-order valence-corrected chi connectivity index (χ4v) is 1.15. The highest BCUT2D eigenvalue weighted by molar-refractivity contribution is 5.83. The minimum atomic E-state index is -0.522. The zero-order chi connectivity index (χ0) is 12.8. The van der Waals surface area contributed by atoms with Gasteiger partial charge >= 0.3 is 5.97 Å². The molecule has 1 aromatic rings. The zero-order valence-corrected chi connectivity index (χ0v) is 10.3. The van der Waals surface area contributed by atoms with Crippen molar-refractivity contribution in [3.8, 4) is 5.75 Å². The van der Waals surface area contributed by atoms with Crippen LogP contribution < -0.4 is 0 Å². The molecule has 17 heavy (non-hydrogen) atoms. The molecule has 0 aliphatic carbocycles. The number of carbonyl (C=O) groups excluding carboxylic acids is 1. The number of carbonyl (C=O) groups is 1. The van der Waals surface area contributed by atoms with Crippen molar-refractivity contribution < 1.29 is 14.6 Å². The quantitative estimate of drug-likeness (QED) is 0.642. The van der Waals surface area contributed by atoms with Gasteiger partial charge in [-0.25, -0.2) is 4.79 Å². The van der Waals surface area contributed by atoms with Gasteiger partial charge in [0.15, 0.2) is 0 Å². The predicted octanol–water partition coefficient (Wildman–Crippen LogP) is 2.15. The number of rotatable bonds is 4. The number of ether oxygens (including phenoxy) is 1. The molecule has 0 radical (unpaired) electrons. The lowest BCUT2D eigenvalue weighted by atomic mass is 10.2. The van der Waals surface area contributed by atoms with Gasteiger partial charge in [-0.1, -0.05) is 0 Å². The molecule has 0 saturated heterocycles. The Balaban J connectivity index is 2.58. The summed E-state index contributed by atoms with van der Waals surface area (Å²) in [6, 6.07) is 6.06. The maximum atomic E-state index is 11.5. The molecule has 0 aromatic heterocycles. The van der Waals surface area contributed by atoms with Gasteiger partial charge in [-0.3, -0.25) is 4.99 Å². The van der Waals surface area contributed by atoms with E-state index < -0.39 is 6.04 Å². The van der Waals surface area contributed by atoms with Gasteiger partial charge in [0.1, 0.15) is 11.8 Å². The molecule has 1 N–H and O–H groups in total. The van der Waals surface area contributed by atoms with E-state index >= 15 is 0 Å². The van der Waals surface area contributed by atoms with Gasteiger partial charge in [-0.05, 0) is 50.6 Å². The van der Waals surface area contributed by atoms with Crippen LogP contribution in [0.4, 0.5) is 0 Å². The van der Waals surface area contributed by atoms with Gasteiger partial charge in [-0.15, -0.1) is 0 Å². The lowest BCUT2D eigenvalue weighted by Crippen LogP contribution is -2.21. The second-order valence-electron chi connectivity index (χ2n) is 4.03. The lowest BCUT2D eigenvalue weighted by molar-refractivity contribution is -0.148. The van der Waals surface area contributed by atoms with Gasteiger partial charge in [0.2, 0.25) is 0 Å². The van der Waals surface area contributed by atoms with Crippen molar-refractivity contribution in [3.05, 3.63) is 29.8 Å². The Bertz CT molecular complexity index is 396. The van der Waals surface area contributed by atoms with Crippen molar-refractivity contribution in [3.63, 3.8) is 0 Å². The first kappa shape index (κ1) is 13.2. The number of hydrogen-bond donors (Lipinski definition) is 1. The SMILES string of the molecule is CC(C)OC(=O)C(C)N=Cc1ccc(O)cc1. The molecule has 0 fully saturated rings. The molecule has 92 valence electrons. The second-order valence-corrected chi connectivity index (χ2v) is 4.03. The van der Waals surface area contributed by atoms with Crippen LogP contribution in [0.5, 0.6) is 5.75 Å². The van der Waals surface area contributed by atoms with E-state index in [2.05, 4.69) is 4.99 Å². The fourth-order valence-electron chi connectivity index (χ4n) is 1.15. The highest BCUT2D eigenvalue weighted by Crippen LogP contribution is 2.08. The van der Waals surface area contributed by atoms with Gasteiger partial charge in [0.05, 0.1) is 6.10 Å². The fraction of sp³-hybridized carbons (Fsp3) is 0.385. The smallest absolute Gasteiger partial charge is 0.330 e. The molecular formula is C13H17NO3. The van der Waals surface area contributed by atoms with Crippen molar-refractivity contribution in [1.82, 2.24) is 0 Å². The summed E-state index contributed by atoms with van der Waals surface area (Å²) in [5.41, 5.74) is 0.826. The Morgan fingerprint density at radius 1 is 1.29 bits per heavy atom. The summed E-state index contributed by atoms with van der Waals surface area (Å²) in [7, 11) is 0. The molecule has 1 atom stereocenters. The van der Waals surface area contributed by atoms with Gasteiger partial charge in [0.25, 0.3) is 0 Å². The van der Waals surface area contributed by atoms with Crippen LogP contribution in [0.1, 0.15) is 26.3 Å². The summed E-state index contributed by atoms with van der Waals surface area (Å²) in [6.45, 7) is 5.28. The standard InChI is InChI=1S/C13H17NO3/c1-9(2)17-13(16)10(3)14-8-11-4-6-12(15)7-5-11/h4-10,15H,1-3H3. The topological polar surface area (TPSA) is 58.9 Å². The third-order valence-corrected chi connectivity index (χ3v) is 2.03. The minimum Gasteiger partial charge on any atom is -0.508 e. The number of aromatic hydroxyl groups is 1. The molecule has 1 rings (SSSR count). The molecule has 0 saturated carbocycles. The van der Waals surface area contributed by atoms with Crippen LogP contribution in [0.3, 0.4) is 0 Å². The van der Waals surface area contributed by atoms with Crippen LogP contribution in [-0.2, 0) is 9.53 Å². The summed E-state index contributed by atoms with van der Waals surface area (Å²) < 4.78 is 5.03. The maximum Gasteiger partial charge on any atom is 0.330 e. The molecule has 0 aliphatic rings. The molecule has 0 spiro atoms. The van der Waals surface area contributed by atoms with Crippen molar-refractivity contribution >= 4 is 12.2 Å². The van der Waals surface area contributed by atoms with E-state index in [0.29, 0.717) is 0 Å². The number of aliphatic imine (C=N–C) groups is 1. The number of nitrogens with zero attached hydrogens (tertiary/aromatic N) is 1. The van der Waals surface area contributed by atoms with Gasteiger partial charge < -0.3 is 9.84 Å². The van der Waals surface area contributed by atoms with Crippen LogP contribution >= 0.6 is 0 Å². The number of esters is 1. The maximum absolute atomic E-state index is 11.5. The van der Waals surface area contributed by atoms with Gasteiger partial charge in [-0.2, -0.15) is 0 Å². The van der Waals surface area contributed by atoms with E-state index in [1.807, 2.05) is 0 Å². The molecule has 4 heteroatoms. The molecule has 4 nitrogen and oxygen atoms in total. The number of phenolic OH excluding ortho intramolecular Hbond substituents is 1. The molecule has 0 aliphatic heterocycles. The third kappa shape index (κ3) is 4.68. The Morgan fingerprint density at radius 3 is 2.41 bits per heavy atom. The molecule has 1 aromatic carbocycles. The molecule has 1 unspecified atom stereocenters. The van der Waals surface area contributed by atoms with Crippen molar-refractivity contribution in [2.24, 2.45) is 4.99 Å². The van der Waals surface area contributed by atoms with E-state index in [-0.39, 0.29) is 17.8 Å². The molecule has 0 amide bonds. The monoisotopic (exact) mass is 235 g/mol. The highest BCUT2D eigenvalue weighted by Gasteiger charge is 2.13. The first-order valence-electron chi connectivity index (χ1n) is 5.51. The van der Waals surface area contributed by atoms with E-state index in [1.54, 1.807) is 51.3 Å². The Labute approximate surface area is 101 Å². The largest absolute Gasteiger partial charge is 0.508 e. The summed E-state index contributed by atoms with van der Waals surface area (Å²) in [6.07, 6.45) is 1.46. The van der Waals surface area contributed by atoms with Crippen LogP contribution in [0.2, 0.25) is 0 Å². The summed E-state index contributed by atoms with van der Waals surface area (Å²) in [5, 5.41) is 9.10. The number of phenols is 1. The molecule has 0 bridgehead atoms. The van der Waals surface area contributed by atoms with Crippen molar-refractivity contribution in [2.45, 2.75) is 32.9 Å². The van der Waals surface area contributed by atoms with Crippen molar-refractivity contribution in [1.29, 1.82) is 0 Å². The lowest BCUT2D eigenvalue weighted by Gasteiger charge is -2.10. The Morgan fingerprint density at radius 2 is 1.88 bits per heavy atom. The summed E-state index contributed by atoms with van der Waals surface area (Å²) >= 11 is 0. The normalized spacial score (nSPS) is 12.9. The molecular weight excluding hydrogens is 218 g/mol. The second kappa shape index (κ2) is 6.03. The van der Waals surface area contributed by atoms with Crippen LogP contribution in [0.15, 0.2) is 29.3 Å². The van der Waals surface area contributed by atoms with E-state index in [9.17, 15) is 4.79 Å². The van der Waals surface area contributed by atoms with E-state index in [1.165, 1.54) is 0 Å². The van der Waals surface area contributed by atoms with E-state index in [4.69, 9.17) is 9.84 Å². The average Bonchev–Trinajstić information content (AvgIpc) is 2.27. The van der Waals surface area contributed by atoms with Crippen LogP contribution in [0, 0.1) is 0 Å². The number of benzene rings is 1. The Kier molecular flexibility index (Phi) is 4.69. The van der Waals surface area contributed by atoms with Crippen LogP contribution in [-0.4, -0.2) is 29.4 Å². The predicted molar refractivity (Wildman–Crippen MR) is 66.4 cm³/mol. The van der Waals surface area contributed by atoms with Gasteiger partial charge in [0, 0.05) is 6.21 Å². The number of hydrogen-bond acceptors (Lipinski definition) is 4. The zero-order valence-electron chi connectivity index (χ0n) is 10.3. The summed E-state index contributed by atoms with van der Waals surface area (Å²) in [4.78, 5) is 15.5. The first-order chi connectivity index (χ1) is 7.99. The molecule has 0 heterocycles. The average molecular weight is 235 g/mol. The highest BCUT2D eigenvalue weighted by atomic mass is 16.5. The Hall–Kier alpha value is -1.84. The van der Waals surface area contributed by atoms with E-state index in [0.717, 1.165) is 5.56 Å². The minimum absolute atomic E-state index is 0.131. The first-order valence-corrected chi connectivity index (χ1v) is 5.51. The third-order valence-electron chi connectivity index (χ3n) is 2.03. The van der Waals surface area contributed by atoms with Crippen molar-refractivity contribution in [2.75, 3.05) is 0 Å².